The van der Waals surface area contributed by atoms with E-state index in [-0.39, 0.29) is 5.91 Å². The number of nitrogens with one attached hydrogen (secondary N) is 2. The normalized spacial score (nSPS) is 9.40. The number of H-pyrrole nitrogens is 1. The molecule has 54 valence electrons. The van der Waals surface area contributed by atoms with Crippen molar-refractivity contribution in [3.05, 3.63) is 17.4 Å². The zero-order valence-corrected chi connectivity index (χ0v) is 6.20. The second kappa shape index (κ2) is 2.75. The number of aromatic nitrogens is 1. The van der Waals surface area contributed by atoms with E-state index in [1.54, 1.807) is 12.4 Å². The minimum atomic E-state index is -0.124. The molecular formula is C6H7ClN2O. The van der Waals surface area contributed by atoms with Gasteiger partial charge in [0.05, 0.1) is 10.7 Å². The molecule has 0 aliphatic rings. The molecule has 1 aromatic rings. The number of carbonyl (C=O) groups is 1. The zero-order valence-electron chi connectivity index (χ0n) is 5.44. The van der Waals surface area contributed by atoms with E-state index in [0.29, 0.717) is 10.7 Å². The summed E-state index contributed by atoms with van der Waals surface area (Å²) in [5, 5.41) is 3.07. The summed E-state index contributed by atoms with van der Waals surface area (Å²) in [5.74, 6) is -0.124. The predicted octanol–water partition coefficient (Wildman–Crippen LogP) is 1.63. The average Bonchev–Trinajstić information content (AvgIpc) is 2.15. The fourth-order valence-electron chi connectivity index (χ4n) is 0.630. The third kappa shape index (κ3) is 1.51. The van der Waals surface area contributed by atoms with Gasteiger partial charge < -0.3 is 10.3 Å². The molecule has 0 unspecified atom stereocenters. The highest BCUT2D eigenvalue weighted by Crippen LogP contribution is 2.19. The molecular weight excluding hydrogens is 152 g/mol. The molecule has 0 radical (unpaired) electrons. The van der Waals surface area contributed by atoms with Gasteiger partial charge in [0, 0.05) is 19.3 Å². The highest BCUT2D eigenvalue weighted by atomic mass is 35.5. The highest BCUT2D eigenvalue weighted by molar-refractivity contribution is 6.33. The number of aromatic amines is 1. The molecule has 1 heterocycles. The van der Waals surface area contributed by atoms with Crippen LogP contribution in [0.5, 0.6) is 0 Å². The lowest BCUT2D eigenvalue weighted by Gasteiger charge is -1.95. The zero-order chi connectivity index (χ0) is 7.56. The van der Waals surface area contributed by atoms with Crippen molar-refractivity contribution in [2.75, 3.05) is 5.32 Å². The first-order chi connectivity index (χ1) is 4.70. The minimum Gasteiger partial charge on any atom is -0.364 e. The smallest absolute Gasteiger partial charge is 0.221 e. The van der Waals surface area contributed by atoms with Crippen LogP contribution in [-0.2, 0) is 4.79 Å². The molecule has 0 spiro atoms. The summed E-state index contributed by atoms with van der Waals surface area (Å²) in [6, 6.07) is 0. The lowest BCUT2D eigenvalue weighted by molar-refractivity contribution is -0.114. The van der Waals surface area contributed by atoms with Crippen molar-refractivity contribution in [1.82, 2.24) is 4.98 Å². The molecule has 0 bridgehead atoms. The molecule has 10 heavy (non-hydrogen) atoms. The number of rotatable bonds is 1. The summed E-state index contributed by atoms with van der Waals surface area (Å²) in [6.07, 6.45) is 3.23. The fraction of sp³-hybridized carbons (Fsp3) is 0.167. The molecule has 0 aromatic carbocycles. The number of anilines is 1. The minimum absolute atomic E-state index is 0.124. The van der Waals surface area contributed by atoms with E-state index in [4.69, 9.17) is 11.6 Å². The van der Waals surface area contributed by atoms with Gasteiger partial charge in [-0.05, 0) is 0 Å². The van der Waals surface area contributed by atoms with Crippen molar-refractivity contribution in [3.8, 4) is 0 Å². The summed E-state index contributed by atoms with van der Waals surface area (Å²) in [4.78, 5) is 13.2. The van der Waals surface area contributed by atoms with Gasteiger partial charge in [-0.15, -0.1) is 0 Å². The van der Waals surface area contributed by atoms with Crippen LogP contribution in [0.4, 0.5) is 5.69 Å². The summed E-state index contributed by atoms with van der Waals surface area (Å²) in [5.41, 5.74) is 0.620. The molecule has 0 aliphatic heterocycles. The van der Waals surface area contributed by atoms with Gasteiger partial charge in [0.15, 0.2) is 0 Å². The molecule has 1 aromatic heterocycles. The first-order valence-electron chi connectivity index (χ1n) is 2.80. The van der Waals surface area contributed by atoms with Gasteiger partial charge in [0.2, 0.25) is 5.91 Å². The van der Waals surface area contributed by atoms with Crippen molar-refractivity contribution < 1.29 is 4.79 Å². The molecule has 1 amide bonds. The molecule has 3 nitrogen and oxygen atoms in total. The van der Waals surface area contributed by atoms with E-state index in [2.05, 4.69) is 10.3 Å². The highest BCUT2D eigenvalue weighted by Gasteiger charge is 2.00. The monoisotopic (exact) mass is 158 g/mol. The van der Waals surface area contributed by atoms with Crippen molar-refractivity contribution in [1.29, 1.82) is 0 Å². The van der Waals surface area contributed by atoms with E-state index >= 15 is 0 Å². The largest absolute Gasteiger partial charge is 0.364 e. The molecule has 4 heteroatoms. The van der Waals surface area contributed by atoms with Crippen LogP contribution in [0.2, 0.25) is 5.02 Å². The Balaban J connectivity index is 2.74. The lowest BCUT2D eigenvalue weighted by atomic mass is 10.5. The van der Waals surface area contributed by atoms with Crippen molar-refractivity contribution in [2.24, 2.45) is 0 Å². The average molecular weight is 159 g/mol. The van der Waals surface area contributed by atoms with Crippen LogP contribution in [0.3, 0.4) is 0 Å². The van der Waals surface area contributed by atoms with Gasteiger partial charge in [0.25, 0.3) is 0 Å². The third-order valence-corrected chi connectivity index (χ3v) is 1.32. The summed E-state index contributed by atoms with van der Waals surface area (Å²) in [7, 11) is 0. The van der Waals surface area contributed by atoms with Crippen LogP contribution in [0.1, 0.15) is 6.92 Å². The van der Waals surface area contributed by atoms with Crippen molar-refractivity contribution in [2.45, 2.75) is 6.92 Å². The quantitative estimate of drug-likeness (QED) is 0.641. The molecule has 0 saturated heterocycles. The molecule has 0 aliphatic carbocycles. The molecule has 0 saturated carbocycles. The van der Waals surface area contributed by atoms with Gasteiger partial charge in [-0.3, -0.25) is 4.79 Å². The Labute approximate surface area is 63.4 Å². The maximum atomic E-state index is 10.5. The molecule has 0 fully saturated rings. The number of carbonyl (C=O) groups excluding carboxylic acids is 1. The van der Waals surface area contributed by atoms with Crippen LogP contribution < -0.4 is 5.32 Å². The lowest BCUT2D eigenvalue weighted by Crippen LogP contribution is -2.04. The van der Waals surface area contributed by atoms with E-state index in [1.165, 1.54) is 6.92 Å². The van der Waals surface area contributed by atoms with Crippen LogP contribution in [0.25, 0.3) is 0 Å². The number of halogens is 1. The number of amides is 1. The van der Waals surface area contributed by atoms with Crippen LogP contribution >= 0.6 is 11.6 Å². The van der Waals surface area contributed by atoms with E-state index in [9.17, 15) is 4.79 Å². The predicted molar refractivity (Wildman–Crippen MR) is 40.1 cm³/mol. The topological polar surface area (TPSA) is 44.9 Å². The third-order valence-electron chi connectivity index (χ3n) is 1.01. The second-order valence-electron chi connectivity index (χ2n) is 1.90. The summed E-state index contributed by atoms with van der Waals surface area (Å²) >= 11 is 5.64. The van der Waals surface area contributed by atoms with Gasteiger partial charge in [0.1, 0.15) is 0 Å². The van der Waals surface area contributed by atoms with Crippen molar-refractivity contribution in [3.63, 3.8) is 0 Å². The Morgan fingerprint density at radius 1 is 1.70 bits per heavy atom. The van der Waals surface area contributed by atoms with Crippen LogP contribution in [-0.4, -0.2) is 10.9 Å². The number of hydrogen-bond acceptors (Lipinski definition) is 1. The molecule has 1 rings (SSSR count). The Morgan fingerprint density at radius 3 is 2.80 bits per heavy atom. The SMILES string of the molecule is CC(=O)Nc1c[nH]cc1Cl. The van der Waals surface area contributed by atoms with E-state index in [0.717, 1.165) is 0 Å². The maximum absolute atomic E-state index is 10.5. The van der Waals surface area contributed by atoms with Crippen LogP contribution in [0, 0.1) is 0 Å². The second-order valence-corrected chi connectivity index (χ2v) is 2.31. The van der Waals surface area contributed by atoms with Gasteiger partial charge in [-0.25, -0.2) is 0 Å². The molecule has 0 atom stereocenters. The standard InChI is InChI=1S/C6H7ClN2O/c1-4(10)9-6-3-8-2-5(6)7/h2-3,8H,1H3,(H,9,10). The Kier molecular flexibility index (Phi) is 1.97. The van der Waals surface area contributed by atoms with E-state index < -0.39 is 0 Å². The van der Waals surface area contributed by atoms with Gasteiger partial charge in [-0.1, -0.05) is 11.6 Å². The number of hydrogen-bond donors (Lipinski definition) is 2. The summed E-state index contributed by atoms with van der Waals surface area (Å²) < 4.78 is 0. The van der Waals surface area contributed by atoms with Gasteiger partial charge >= 0.3 is 0 Å². The fourth-order valence-corrected chi connectivity index (χ4v) is 0.795. The summed E-state index contributed by atoms with van der Waals surface area (Å²) in [6.45, 7) is 1.43. The Morgan fingerprint density at radius 2 is 2.40 bits per heavy atom. The first-order valence-corrected chi connectivity index (χ1v) is 3.18. The molecule has 2 N–H and O–H groups in total. The van der Waals surface area contributed by atoms with Gasteiger partial charge in [-0.2, -0.15) is 0 Å². The Hall–Kier alpha value is -0.960. The first kappa shape index (κ1) is 7.15. The van der Waals surface area contributed by atoms with E-state index in [1.807, 2.05) is 0 Å². The van der Waals surface area contributed by atoms with Crippen molar-refractivity contribution >= 4 is 23.2 Å². The van der Waals surface area contributed by atoms with Crippen LogP contribution in [0.15, 0.2) is 12.4 Å². The Bertz CT molecular complexity index is 244. The maximum Gasteiger partial charge on any atom is 0.221 e.